The van der Waals surface area contributed by atoms with E-state index in [-0.39, 0.29) is 5.91 Å². The molecule has 18 heavy (non-hydrogen) atoms. The molecular weight excluding hydrogens is 230 g/mol. The van der Waals surface area contributed by atoms with Crippen molar-refractivity contribution in [2.24, 2.45) is 5.73 Å². The predicted octanol–water partition coefficient (Wildman–Crippen LogP) is 0.147. The number of hydrogen-bond donors (Lipinski definition) is 2. The number of carbonyl (C=O) groups excluding carboxylic acids is 1. The molecule has 1 amide bonds. The van der Waals surface area contributed by atoms with E-state index in [0.717, 1.165) is 37.3 Å². The van der Waals surface area contributed by atoms with Gasteiger partial charge in [0.1, 0.15) is 5.82 Å². The Kier molecular flexibility index (Phi) is 4.09. The fraction of sp³-hybridized carbons (Fsp3) is 0.583. The Morgan fingerprint density at radius 2 is 2.28 bits per heavy atom. The fourth-order valence-corrected chi connectivity index (χ4v) is 2.20. The van der Waals surface area contributed by atoms with Crippen LogP contribution in [0, 0.1) is 6.92 Å². The Balaban J connectivity index is 1.81. The SMILES string of the molecule is Cc1cnnc(NC2CCN(CC(N)=O)CC2)c1. The standard InChI is InChI=1S/C12H19N5O/c1-9-6-12(16-14-7-9)15-10-2-4-17(5-3-10)8-11(13)18/h6-7,10H,2-5,8H2,1H3,(H2,13,18)(H,15,16). The first-order valence-corrected chi connectivity index (χ1v) is 6.20. The number of nitrogens with one attached hydrogen (secondary N) is 1. The lowest BCUT2D eigenvalue weighted by Gasteiger charge is -2.31. The highest BCUT2D eigenvalue weighted by molar-refractivity contribution is 5.75. The Hall–Kier alpha value is -1.69. The molecule has 0 saturated carbocycles. The highest BCUT2D eigenvalue weighted by Gasteiger charge is 2.20. The first-order valence-electron chi connectivity index (χ1n) is 6.20. The third kappa shape index (κ3) is 3.66. The molecule has 0 atom stereocenters. The number of piperidine rings is 1. The molecule has 2 rings (SSSR count). The number of nitrogens with zero attached hydrogens (tertiary/aromatic N) is 3. The zero-order valence-electron chi connectivity index (χ0n) is 10.6. The van der Waals surface area contributed by atoms with Crippen LogP contribution in [0.4, 0.5) is 5.82 Å². The molecule has 1 aliphatic rings. The van der Waals surface area contributed by atoms with Gasteiger partial charge < -0.3 is 11.1 Å². The Morgan fingerprint density at radius 3 is 2.89 bits per heavy atom. The van der Waals surface area contributed by atoms with E-state index in [2.05, 4.69) is 20.4 Å². The number of likely N-dealkylation sites (tertiary alicyclic amines) is 1. The zero-order chi connectivity index (χ0) is 13.0. The van der Waals surface area contributed by atoms with Gasteiger partial charge in [-0.05, 0) is 31.4 Å². The van der Waals surface area contributed by atoms with Gasteiger partial charge in [-0.2, -0.15) is 5.10 Å². The number of hydrogen-bond acceptors (Lipinski definition) is 5. The quantitative estimate of drug-likeness (QED) is 0.793. The lowest BCUT2D eigenvalue weighted by Crippen LogP contribution is -2.43. The van der Waals surface area contributed by atoms with Gasteiger partial charge in [-0.15, -0.1) is 5.10 Å². The molecule has 0 aliphatic carbocycles. The monoisotopic (exact) mass is 249 g/mol. The average molecular weight is 249 g/mol. The van der Waals surface area contributed by atoms with E-state index in [1.54, 1.807) is 6.20 Å². The number of rotatable bonds is 4. The highest BCUT2D eigenvalue weighted by Crippen LogP contribution is 2.14. The van der Waals surface area contributed by atoms with Crippen LogP contribution in [0.1, 0.15) is 18.4 Å². The first kappa shape index (κ1) is 12.8. The lowest BCUT2D eigenvalue weighted by atomic mass is 10.1. The molecule has 2 heterocycles. The van der Waals surface area contributed by atoms with Crippen LogP contribution < -0.4 is 11.1 Å². The predicted molar refractivity (Wildman–Crippen MR) is 69.0 cm³/mol. The fourth-order valence-electron chi connectivity index (χ4n) is 2.20. The summed E-state index contributed by atoms with van der Waals surface area (Å²) in [6.45, 7) is 4.13. The van der Waals surface area contributed by atoms with Crippen molar-refractivity contribution in [3.05, 3.63) is 17.8 Å². The maximum Gasteiger partial charge on any atom is 0.231 e. The number of anilines is 1. The molecule has 1 aromatic heterocycles. The van der Waals surface area contributed by atoms with E-state index in [1.165, 1.54) is 0 Å². The second-order valence-electron chi connectivity index (χ2n) is 4.78. The van der Waals surface area contributed by atoms with Crippen LogP contribution in [0.2, 0.25) is 0 Å². The van der Waals surface area contributed by atoms with Gasteiger partial charge in [-0.3, -0.25) is 9.69 Å². The molecule has 0 unspecified atom stereocenters. The summed E-state index contributed by atoms with van der Waals surface area (Å²) in [5.41, 5.74) is 6.28. The largest absolute Gasteiger partial charge is 0.369 e. The summed E-state index contributed by atoms with van der Waals surface area (Å²) in [5, 5.41) is 11.4. The third-order valence-corrected chi connectivity index (χ3v) is 3.11. The molecule has 1 aromatic rings. The van der Waals surface area contributed by atoms with Gasteiger partial charge in [0.15, 0.2) is 0 Å². The zero-order valence-corrected chi connectivity index (χ0v) is 10.6. The summed E-state index contributed by atoms with van der Waals surface area (Å²) >= 11 is 0. The van der Waals surface area contributed by atoms with Gasteiger partial charge in [-0.1, -0.05) is 0 Å². The smallest absolute Gasteiger partial charge is 0.231 e. The van der Waals surface area contributed by atoms with E-state index in [1.807, 2.05) is 13.0 Å². The van der Waals surface area contributed by atoms with Crippen molar-refractivity contribution in [3.8, 4) is 0 Å². The van der Waals surface area contributed by atoms with Gasteiger partial charge in [-0.25, -0.2) is 0 Å². The van der Waals surface area contributed by atoms with E-state index < -0.39 is 0 Å². The summed E-state index contributed by atoms with van der Waals surface area (Å²) in [7, 11) is 0. The third-order valence-electron chi connectivity index (χ3n) is 3.11. The van der Waals surface area contributed by atoms with E-state index in [4.69, 9.17) is 5.73 Å². The van der Waals surface area contributed by atoms with Crippen LogP contribution >= 0.6 is 0 Å². The maximum absolute atomic E-state index is 10.8. The van der Waals surface area contributed by atoms with Gasteiger partial charge in [0, 0.05) is 19.1 Å². The minimum absolute atomic E-state index is 0.258. The summed E-state index contributed by atoms with van der Waals surface area (Å²) in [4.78, 5) is 12.9. The van der Waals surface area contributed by atoms with Crippen molar-refractivity contribution in [2.75, 3.05) is 25.0 Å². The number of amides is 1. The molecule has 1 saturated heterocycles. The molecule has 0 bridgehead atoms. The van der Waals surface area contributed by atoms with Crippen LogP contribution in [0.5, 0.6) is 0 Å². The average Bonchev–Trinajstić information content (AvgIpc) is 2.31. The molecular formula is C12H19N5O. The van der Waals surface area contributed by atoms with Crippen LogP contribution in [0.3, 0.4) is 0 Å². The molecule has 0 aromatic carbocycles. The van der Waals surface area contributed by atoms with E-state index >= 15 is 0 Å². The van der Waals surface area contributed by atoms with Crippen molar-refractivity contribution in [1.82, 2.24) is 15.1 Å². The number of carbonyl (C=O) groups is 1. The van der Waals surface area contributed by atoms with Crippen LogP contribution in [0.25, 0.3) is 0 Å². The van der Waals surface area contributed by atoms with Crippen molar-refractivity contribution in [3.63, 3.8) is 0 Å². The second kappa shape index (κ2) is 5.77. The minimum Gasteiger partial charge on any atom is -0.369 e. The normalized spacial score (nSPS) is 17.6. The lowest BCUT2D eigenvalue weighted by molar-refractivity contribution is -0.119. The van der Waals surface area contributed by atoms with E-state index in [9.17, 15) is 4.79 Å². The molecule has 3 N–H and O–H groups in total. The molecule has 6 nitrogen and oxygen atoms in total. The van der Waals surface area contributed by atoms with Crippen molar-refractivity contribution < 1.29 is 4.79 Å². The van der Waals surface area contributed by atoms with Gasteiger partial charge in [0.05, 0.1) is 12.7 Å². The molecule has 1 aliphatic heterocycles. The topological polar surface area (TPSA) is 84.1 Å². The summed E-state index contributed by atoms with van der Waals surface area (Å²) in [6, 6.07) is 2.38. The van der Waals surface area contributed by atoms with Crippen molar-refractivity contribution in [2.45, 2.75) is 25.8 Å². The van der Waals surface area contributed by atoms with Gasteiger partial charge >= 0.3 is 0 Å². The summed E-state index contributed by atoms with van der Waals surface area (Å²) < 4.78 is 0. The Labute approximate surface area is 107 Å². The van der Waals surface area contributed by atoms with Crippen molar-refractivity contribution in [1.29, 1.82) is 0 Å². The van der Waals surface area contributed by atoms with Gasteiger partial charge in [0.2, 0.25) is 5.91 Å². The van der Waals surface area contributed by atoms with Crippen LogP contribution in [-0.4, -0.2) is 46.7 Å². The number of nitrogens with two attached hydrogens (primary N) is 1. The van der Waals surface area contributed by atoms with Gasteiger partial charge in [0.25, 0.3) is 0 Å². The second-order valence-corrected chi connectivity index (χ2v) is 4.78. The molecule has 0 radical (unpaired) electrons. The molecule has 1 fully saturated rings. The molecule has 6 heteroatoms. The molecule has 0 spiro atoms. The highest BCUT2D eigenvalue weighted by atomic mass is 16.1. The summed E-state index contributed by atoms with van der Waals surface area (Å²) in [6.07, 6.45) is 3.71. The Bertz CT molecular complexity index is 415. The maximum atomic E-state index is 10.8. The molecule has 98 valence electrons. The summed E-state index contributed by atoms with van der Waals surface area (Å²) in [5.74, 6) is 0.564. The number of primary amides is 1. The Morgan fingerprint density at radius 1 is 1.56 bits per heavy atom. The number of aromatic nitrogens is 2. The van der Waals surface area contributed by atoms with E-state index in [0.29, 0.717) is 12.6 Å². The van der Waals surface area contributed by atoms with Crippen LogP contribution in [-0.2, 0) is 4.79 Å². The van der Waals surface area contributed by atoms with Crippen molar-refractivity contribution >= 4 is 11.7 Å². The van der Waals surface area contributed by atoms with Crippen LogP contribution in [0.15, 0.2) is 12.3 Å². The number of aryl methyl sites for hydroxylation is 1. The minimum atomic E-state index is -0.258. The first-order chi connectivity index (χ1) is 8.63.